The van der Waals surface area contributed by atoms with Crippen LogP contribution in [0.2, 0.25) is 5.02 Å². The van der Waals surface area contributed by atoms with Crippen LogP contribution in [0, 0.1) is 11.6 Å². The molecule has 22 heavy (non-hydrogen) atoms. The van der Waals surface area contributed by atoms with Crippen LogP contribution < -0.4 is 9.47 Å². The van der Waals surface area contributed by atoms with Crippen molar-refractivity contribution in [2.75, 3.05) is 7.11 Å². The van der Waals surface area contributed by atoms with Gasteiger partial charge in [-0.2, -0.15) is 4.39 Å². The average molecular weight is 327 g/mol. The monoisotopic (exact) mass is 326 g/mol. The molecule has 2 nitrogen and oxygen atoms in total. The van der Waals surface area contributed by atoms with Crippen LogP contribution in [-0.4, -0.2) is 7.11 Å². The van der Waals surface area contributed by atoms with Gasteiger partial charge in [-0.15, -0.1) is 0 Å². The molecule has 0 radical (unpaired) electrons. The number of methoxy groups -OCH3 is 1. The van der Waals surface area contributed by atoms with Crippen LogP contribution >= 0.6 is 11.6 Å². The Hall–Kier alpha value is -1.81. The van der Waals surface area contributed by atoms with Crippen LogP contribution in [0.5, 0.6) is 17.2 Å². The van der Waals surface area contributed by atoms with E-state index in [0.29, 0.717) is 10.8 Å². The summed E-state index contributed by atoms with van der Waals surface area (Å²) in [6, 6.07) is 7.33. The molecule has 0 saturated carbocycles. The predicted octanol–water partition coefficient (Wildman–Crippen LogP) is 5.72. The van der Waals surface area contributed by atoms with E-state index in [2.05, 4.69) is 0 Å². The minimum atomic E-state index is -1.10. The smallest absolute Gasteiger partial charge is 0.207 e. The van der Waals surface area contributed by atoms with E-state index in [9.17, 15) is 8.78 Å². The Bertz CT molecular complexity index is 694. The third kappa shape index (κ3) is 3.33. The summed E-state index contributed by atoms with van der Waals surface area (Å²) >= 11 is 6.25. The lowest BCUT2D eigenvalue weighted by atomic mass is 9.87. The molecule has 0 N–H and O–H groups in total. The van der Waals surface area contributed by atoms with Crippen molar-refractivity contribution in [1.82, 2.24) is 0 Å². The highest BCUT2D eigenvalue weighted by molar-refractivity contribution is 6.31. The second-order valence-corrected chi connectivity index (χ2v) is 6.29. The van der Waals surface area contributed by atoms with Crippen molar-refractivity contribution in [2.45, 2.75) is 26.2 Å². The van der Waals surface area contributed by atoms with Gasteiger partial charge in [0.05, 0.1) is 7.11 Å². The van der Waals surface area contributed by atoms with Gasteiger partial charge in [0, 0.05) is 5.02 Å². The summed E-state index contributed by atoms with van der Waals surface area (Å²) < 4.78 is 37.7. The maximum Gasteiger partial charge on any atom is 0.207 e. The van der Waals surface area contributed by atoms with E-state index in [-0.39, 0.29) is 16.9 Å². The van der Waals surface area contributed by atoms with Gasteiger partial charge in [-0.25, -0.2) is 4.39 Å². The van der Waals surface area contributed by atoms with Crippen LogP contribution in [-0.2, 0) is 5.41 Å². The molecule has 118 valence electrons. The fourth-order valence-electron chi connectivity index (χ4n) is 2.06. The van der Waals surface area contributed by atoms with E-state index < -0.39 is 11.6 Å². The normalized spacial score (nSPS) is 11.4. The fraction of sp³-hybridized carbons (Fsp3) is 0.294. The Labute approximate surface area is 133 Å². The Balaban J connectivity index is 2.40. The van der Waals surface area contributed by atoms with Crippen LogP contribution in [0.4, 0.5) is 8.78 Å². The minimum Gasteiger partial charge on any atom is -0.493 e. The van der Waals surface area contributed by atoms with Crippen molar-refractivity contribution < 1.29 is 18.3 Å². The zero-order valence-electron chi connectivity index (χ0n) is 12.8. The largest absolute Gasteiger partial charge is 0.493 e. The Kier molecular flexibility index (Phi) is 4.61. The number of hydrogen-bond acceptors (Lipinski definition) is 2. The van der Waals surface area contributed by atoms with E-state index in [1.165, 1.54) is 13.2 Å². The van der Waals surface area contributed by atoms with Crippen molar-refractivity contribution in [2.24, 2.45) is 0 Å². The Morgan fingerprint density at radius 2 is 1.73 bits per heavy atom. The van der Waals surface area contributed by atoms with Crippen LogP contribution in [0.1, 0.15) is 26.3 Å². The highest BCUT2D eigenvalue weighted by Gasteiger charge is 2.20. The summed E-state index contributed by atoms with van der Waals surface area (Å²) in [5.41, 5.74) is 0.811. The van der Waals surface area contributed by atoms with Crippen LogP contribution in [0.15, 0.2) is 30.3 Å². The van der Waals surface area contributed by atoms with Gasteiger partial charge in [0.15, 0.2) is 11.6 Å². The molecule has 0 spiro atoms. The molecule has 0 saturated heterocycles. The van der Waals surface area contributed by atoms with Crippen molar-refractivity contribution >= 4 is 11.6 Å². The van der Waals surface area contributed by atoms with Crippen molar-refractivity contribution in [3.8, 4) is 17.2 Å². The van der Waals surface area contributed by atoms with Crippen molar-refractivity contribution in [3.05, 3.63) is 52.6 Å². The average Bonchev–Trinajstić information content (AvgIpc) is 2.43. The van der Waals surface area contributed by atoms with Gasteiger partial charge in [-0.1, -0.05) is 38.4 Å². The standard InChI is InChI=1S/C17H17ClF2O2/c1-17(2,3)11-6-5-10(9-12(11)18)22-16-14(21-4)8-7-13(19)15(16)20/h5-9H,1-4H3. The Morgan fingerprint density at radius 3 is 2.27 bits per heavy atom. The molecule has 2 aromatic rings. The molecule has 0 bridgehead atoms. The van der Waals surface area contributed by atoms with Gasteiger partial charge in [-0.05, 0) is 35.2 Å². The first kappa shape index (κ1) is 16.6. The summed E-state index contributed by atoms with van der Waals surface area (Å²) in [6.07, 6.45) is 0. The molecule has 0 heterocycles. The SMILES string of the molecule is COc1ccc(F)c(F)c1Oc1ccc(C(C)(C)C)c(Cl)c1. The molecule has 0 aliphatic heterocycles. The summed E-state index contributed by atoms with van der Waals surface area (Å²) in [6.45, 7) is 6.10. The second-order valence-electron chi connectivity index (χ2n) is 5.89. The molecule has 0 aromatic heterocycles. The summed E-state index contributed by atoms with van der Waals surface area (Å²) in [7, 11) is 1.36. The lowest BCUT2D eigenvalue weighted by Gasteiger charge is -2.21. The fourth-order valence-corrected chi connectivity index (χ4v) is 2.51. The molecule has 5 heteroatoms. The summed E-state index contributed by atoms with van der Waals surface area (Å²) in [4.78, 5) is 0. The third-order valence-electron chi connectivity index (χ3n) is 3.20. The first-order valence-corrected chi connectivity index (χ1v) is 7.11. The number of rotatable bonds is 3. The highest BCUT2D eigenvalue weighted by Crippen LogP contribution is 2.38. The molecular formula is C17H17ClF2O2. The minimum absolute atomic E-state index is 0.106. The van der Waals surface area contributed by atoms with E-state index in [1.807, 2.05) is 20.8 Å². The van der Waals surface area contributed by atoms with E-state index in [1.54, 1.807) is 18.2 Å². The first-order chi connectivity index (χ1) is 10.2. The Morgan fingerprint density at radius 1 is 1.05 bits per heavy atom. The van der Waals surface area contributed by atoms with E-state index in [4.69, 9.17) is 21.1 Å². The van der Waals surface area contributed by atoms with Crippen LogP contribution in [0.3, 0.4) is 0 Å². The quantitative estimate of drug-likeness (QED) is 0.718. The van der Waals surface area contributed by atoms with Crippen molar-refractivity contribution in [3.63, 3.8) is 0 Å². The molecule has 0 unspecified atom stereocenters. The predicted molar refractivity (Wildman–Crippen MR) is 83.1 cm³/mol. The zero-order valence-corrected chi connectivity index (χ0v) is 13.6. The summed E-state index contributed by atoms with van der Waals surface area (Å²) in [5, 5.41) is 0.501. The van der Waals surface area contributed by atoms with Gasteiger partial charge in [0.1, 0.15) is 5.75 Å². The van der Waals surface area contributed by atoms with Gasteiger partial charge in [0.25, 0.3) is 0 Å². The highest BCUT2D eigenvalue weighted by atomic mass is 35.5. The number of benzene rings is 2. The molecule has 0 amide bonds. The van der Waals surface area contributed by atoms with Gasteiger partial charge in [0.2, 0.25) is 11.6 Å². The maximum atomic E-state index is 13.9. The molecule has 2 rings (SSSR count). The van der Waals surface area contributed by atoms with E-state index in [0.717, 1.165) is 11.6 Å². The summed E-state index contributed by atoms with van der Waals surface area (Å²) in [5.74, 6) is -2.00. The topological polar surface area (TPSA) is 18.5 Å². The van der Waals surface area contributed by atoms with Gasteiger partial charge >= 0.3 is 0 Å². The van der Waals surface area contributed by atoms with Crippen molar-refractivity contribution in [1.29, 1.82) is 0 Å². The molecule has 0 fully saturated rings. The van der Waals surface area contributed by atoms with E-state index >= 15 is 0 Å². The lowest BCUT2D eigenvalue weighted by molar-refractivity contribution is 0.354. The number of hydrogen-bond donors (Lipinski definition) is 0. The molecule has 2 aromatic carbocycles. The van der Waals surface area contributed by atoms with Crippen LogP contribution in [0.25, 0.3) is 0 Å². The first-order valence-electron chi connectivity index (χ1n) is 6.74. The maximum absolute atomic E-state index is 13.9. The molecular weight excluding hydrogens is 310 g/mol. The second kappa shape index (κ2) is 6.13. The van der Waals surface area contributed by atoms with Gasteiger partial charge < -0.3 is 9.47 Å². The molecule has 0 aliphatic carbocycles. The molecule has 0 aliphatic rings. The molecule has 0 atom stereocenters. The zero-order chi connectivity index (χ0) is 16.5. The number of halogens is 3. The lowest BCUT2D eigenvalue weighted by Crippen LogP contribution is -2.11. The van der Waals surface area contributed by atoms with Gasteiger partial charge in [-0.3, -0.25) is 0 Å². The number of ether oxygens (including phenoxy) is 2. The third-order valence-corrected chi connectivity index (χ3v) is 3.51.